The highest BCUT2D eigenvalue weighted by atomic mass is 35.5. The van der Waals surface area contributed by atoms with E-state index in [4.69, 9.17) is 11.6 Å². The standard InChI is InChI=1S/C17H17ClN4S/c1-21(2)15-6-4-3-5-13(15)12-23-17-19-9-10-22(17)16-8-7-14(18)11-20-16/h3-11H,12H2,1-2H3. The van der Waals surface area contributed by atoms with Crippen LogP contribution in [-0.2, 0) is 5.75 Å². The zero-order valence-electron chi connectivity index (χ0n) is 13.0. The van der Waals surface area contributed by atoms with E-state index in [9.17, 15) is 0 Å². The molecule has 0 aliphatic carbocycles. The number of thioether (sulfide) groups is 1. The molecule has 2 aromatic heterocycles. The van der Waals surface area contributed by atoms with Gasteiger partial charge in [-0.1, -0.05) is 41.6 Å². The van der Waals surface area contributed by atoms with Crippen LogP contribution in [0.5, 0.6) is 0 Å². The van der Waals surface area contributed by atoms with Crippen LogP contribution in [0.4, 0.5) is 5.69 Å². The number of nitrogens with zero attached hydrogens (tertiary/aromatic N) is 4. The lowest BCUT2D eigenvalue weighted by atomic mass is 10.2. The van der Waals surface area contributed by atoms with E-state index in [1.54, 1.807) is 24.2 Å². The van der Waals surface area contributed by atoms with E-state index in [1.165, 1.54) is 11.3 Å². The van der Waals surface area contributed by atoms with Crippen molar-refractivity contribution in [2.75, 3.05) is 19.0 Å². The summed E-state index contributed by atoms with van der Waals surface area (Å²) in [6, 6.07) is 12.1. The van der Waals surface area contributed by atoms with Crippen LogP contribution in [0, 0.1) is 0 Å². The van der Waals surface area contributed by atoms with Crippen molar-refractivity contribution < 1.29 is 0 Å². The molecule has 3 rings (SSSR count). The van der Waals surface area contributed by atoms with Gasteiger partial charge in [0, 0.05) is 44.1 Å². The quantitative estimate of drug-likeness (QED) is 0.647. The van der Waals surface area contributed by atoms with Crippen LogP contribution in [0.2, 0.25) is 5.02 Å². The van der Waals surface area contributed by atoms with Gasteiger partial charge < -0.3 is 4.90 Å². The fraction of sp³-hybridized carbons (Fsp3) is 0.176. The molecule has 3 aromatic rings. The van der Waals surface area contributed by atoms with Crippen LogP contribution in [0.1, 0.15) is 5.56 Å². The number of hydrogen-bond donors (Lipinski definition) is 0. The average molecular weight is 345 g/mol. The third-order valence-corrected chi connectivity index (χ3v) is 4.63. The predicted molar refractivity (Wildman–Crippen MR) is 96.7 cm³/mol. The fourth-order valence-electron chi connectivity index (χ4n) is 2.29. The Morgan fingerprint density at radius 1 is 1.13 bits per heavy atom. The van der Waals surface area contributed by atoms with Crippen molar-refractivity contribution in [1.29, 1.82) is 0 Å². The van der Waals surface area contributed by atoms with Gasteiger partial charge in [-0.25, -0.2) is 9.97 Å². The zero-order valence-corrected chi connectivity index (χ0v) is 14.6. The van der Waals surface area contributed by atoms with Crippen LogP contribution in [0.15, 0.2) is 60.1 Å². The molecule has 118 valence electrons. The number of pyridine rings is 1. The SMILES string of the molecule is CN(C)c1ccccc1CSc1nccn1-c1ccc(Cl)cn1. The van der Waals surface area contributed by atoms with Gasteiger partial charge in [0.05, 0.1) is 5.02 Å². The van der Waals surface area contributed by atoms with Gasteiger partial charge in [-0.2, -0.15) is 0 Å². The van der Waals surface area contributed by atoms with Crippen LogP contribution in [0.25, 0.3) is 5.82 Å². The van der Waals surface area contributed by atoms with Crippen molar-refractivity contribution in [3.8, 4) is 5.82 Å². The van der Waals surface area contributed by atoms with Gasteiger partial charge in [-0.05, 0) is 23.8 Å². The van der Waals surface area contributed by atoms with Gasteiger partial charge in [0.25, 0.3) is 0 Å². The maximum Gasteiger partial charge on any atom is 0.174 e. The zero-order chi connectivity index (χ0) is 16.2. The second-order valence-electron chi connectivity index (χ2n) is 5.23. The maximum absolute atomic E-state index is 5.90. The molecule has 1 aromatic carbocycles. The van der Waals surface area contributed by atoms with E-state index < -0.39 is 0 Å². The summed E-state index contributed by atoms with van der Waals surface area (Å²) in [4.78, 5) is 10.9. The second-order valence-corrected chi connectivity index (χ2v) is 6.61. The number of benzene rings is 1. The lowest BCUT2D eigenvalue weighted by Gasteiger charge is -2.17. The normalized spacial score (nSPS) is 10.7. The number of hydrogen-bond acceptors (Lipinski definition) is 4. The van der Waals surface area contributed by atoms with Crippen LogP contribution in [0.3, 0.4) is 0 Å². The van der Waals surface area contributed by atoms with E-state index in [-0.39, 0.29) is 0 Å². The molecular weight excluding hydrogens is 328 g/mol. The molecule has 0 fully saturated rings. The van der Waals surface area contributed by atoms with Gasteiger partial charge in [-0.15, -0.1) is 0 Å². The number of para-hydroxylation sites is 1. The summed E-state index contributed by atoms with van der Waals surface area (Å²) < 4.78 is 1.97. The molecule has 2 heterocycles. The van der Waals surface area contributed by atoms with E-state index >= 15 is 0 Å². The second kappa shape index (κ2) is 7.06. The van der Waals surface area contributed by atoms with Gasteiger partial charge in [0.1, 0.15) is 5.82 Å². The molecule has 0 radical (unpaired) electrons. The highest BCUT2D eigenvalue weighted by Crippen LogP contribution is 2.28. The Balaban J connectivity index is 1.80. The number of anilines is 1. The molecular formula is C17H17ClN4S. The molecule has 4 nitrogen and oxygen atoms in total. The summed E-state index contributed by atoms with van der Waals surface area (Å²) in [5, 5.41) is 1.54. The summed E-state index contributed by atoms with van der Waals surface area (Å²) >= 11 is 7.59. The summed E-state index contributed by atoms with van der Waals surface area (Å²) in [6.45, 7) is 0. The van der Waals surface area contributed by atoms with Gasteiger partial charge >= 0.3 is 0 Å². The fourth-order valence-corrected chi connectivity index (χ4v) is 3.36. The highest BCUT2D eigenvalue weighted by Gasteiger charge is 2.09. The molecule has 0 spiro atoms. The minimum atomic E-state index is 0.628. The first-order chi connectivity index (χ1) is 11.1. The molecule has 0 atom stereocenters. The molecule has 0 saturated heterocycles. The van der Waals surface area contributed by atoms with Crippen molar-refractivity contribution in [1.82, 2.24) is 14.5 Å². The van der Waals surface area contributed by atoms with Crippen molar-refractivity contribution in [2.24, 2.45) is 0 Å². The third-order valence-electron chi connectivity index (χ3n) is 3.40. The minimum absolute atomic E-state index is 0.628. The lowest BCUT2D eigenvalue weighted by Crippen LogP contribution is -2.10. The monoisotopic (exact) mass is 344 g/mol. The van der Waals surface area contributed by atoms with E-state index in [0.29, 0.717) is 5.02 Å². The van der Waals surface area contributed by atoms with Crippen molar-refractivity contribution in [3.05, 3.63) is 65.6 Å². The first-order valence-corrected chi connectivity index (χ1v) is 8.55. The molecule has 0 unspecified atom stereocenters. The predicted octanol–water partition coefficient (Wildman–Crippen LogP) is 4.28. The van der Waals surface area contributed by atoms with Crippen LogP contribution in [-0.4, -0.2) is 28.6 Å². The third kappa shape index (κ3) is 3.68. The number of rotatable bonds is 5. The Bertz CT molecular complexity index is 783. The summed E-state index contributed by atoms with van der Waals surface area (Å²) in [5.74, 6) is 1.66. The molecule has 0 saturated carbocycles. The molecule has 23 heavy (non-hydrogen) atoms. The van der Waals surface area contributed by atoms with Gasteiger partial charge in [0.2, 0.25) is 0 Å². The topological polar surface area (TPSA) is 34.0 Å². The number of imidazole rings is 1. The molecule has 0 bridgehead atoms. The van der Waals surface area contributed by atoms with Crippen molar-refractivity contribution >= 4 is 29.1 Å². The minimum Gasteiger partial charge on any atom is -0.377 e. The van der Waals surface area contributed by atoms with E-state index in [2.05, 4.69) is 53.2 Å². The molecule has 0 amide bonds. The Kier molecular flexibility index (Phi) is 4.88. The lowest BCUT2D eigenvalue weighted by molar-refractivity contribution is 0.863. The average Bonchev–Trinajstić information content (AvgIpc) is 3.02. The smallest absolute Gasteiger partial charge is 0.174 e. The molecule has 6 heteroatoms. The largest absolute Gasteiger partial charge is 0.377 e. The van der Waals surface area contributed by atoms with Crippen molar-refractivity contribution in [2.45, 2.75) is 10.9 Å². The number of aromatic nitrogens is 3. The van der Waals surface area contributed by atoms with Gasteiger partial charge in [0.15, 0.2) is 5.16 Å². The Labute approximate surface area is 145 Å². The first-order valence-electron chi connectivity index (χ1n) is 7.18. The van der Waals surface area contributed by atoms with E-state index in [1.807, 2.05) is 22.9 Å². The Morgan fingerprint density at radius 3 is 2.70 bits per heavy atom. The summed E-state index contributed by atoms with van der Waals surface area (Å²) in [5.41, 5.74) is 2.50. The molecule has 0 aliphatic heterocycles. The first kappa shape index (κ1) is 15.9. The van der Waals surface area contributed by atoms with E-state index in [0.717, 1.165) is 16.7 Å². The Hall–Kier alpha value is -1.98. The van der Waals surface area contributed by atoms with Crippen LogP contribution >= 0.6 is 23.4 Å². The van der Waals surface area contributed by atoms with Gasteiger partial charge in [-0.3, -0.25) is 4.57 Å². The molecule has 0 N–H and O–H groups in total. The van der Waals surface area contributed by atoms with Crippen molar-refractivity contribution in [3.63, 3.8) is 0 Å². The highest BCUT2D eigenvalue weighted by molar-refractivity contribution is 7.98. The maximum atomic E-state index is 5.90. The number of halogens is 1. The molecule has 0 aliphatic rings. The summed E-state index contributed by atoms with van der Waals surface area (Å²) in [7, 11) is 4.12. The Morgan fingerprint density at radius 2 is 1.96 bits per heavy atom. The van der Waals surface area contributed by atoms with Crippen LogP contribution < -0.4 is 4.90 Å². The summed E-state index contributed by atoms with van der Waals surface area (Å²) in [6.07, 6.45) is 5.35.